The normalized spacial score (nSPS) is 12.0. The van der Waals surface area contributed by atoms with Crippen LogP contribution in [0.15, 0.2) is 112 Å². The van der Waals surface area contributed by atoms with E-state index in [4.69, 9.17) is 11.6 Å². The molecule has 2 amide bonds. The first-order chi connectivity index (χ1) is 17.1. The van der Waals surface area contributed by atoms with Crippen LogP contribution in [-0.4, -0.2) is 17.6 Å². The summed E-state index contributed by atoms with van der Waals surface area (Å²) in [4.78, 5) is 30.6. The van der Waals surface area contributed by atoms with Crippen molar-refractivity contribution in [3.05, 3.63) is 108 Å². The molecule has 0 spiro atoms. The summed E-state index contributed by atoms with van der Waals surface area (Å²) in [6.45, 7) is 0. The zero-order valence-electron chi connectivity index (χ0n) is 18.6. The lowest BCUT2D eigenvalue weighted by atomic mass is 10.1. The summed E-state index contributed by atoms with van der Waals surface area (Å²) in [5, 5.41) is 3.56. The van der Waals surface area contributed by atoms with Crippen LogP contribution in [0, 0.1) is 0 Å². The zero-order chi connectivity index (χ0) is 24.2. The fourth-order valence-electron chi connectivity index (χ4n) is 3.81. The molecule has 35 heavy (non-hydrogen) atoms. The summed E-state index contributed by atoms with van der Waals surface area (Å²) in [5.41, 5.74) is 3.45. The van der Waals surface area contributed by atoms with Gasteiger partial charge in [0.2, 0.25) is 11.8 Å². The molecule has 0 bridgehead atoms. The largest absolute Gasteiger partial charge is 0.326 e. The Labute approximate surface area is 217 Å². The molecule has 5 rings (SSSR count). The molecule has 0 saturated carbocycles. The minimum absolute atomic E-state index is 0.0237. The molecule has 1 aliphatic heterocycles. The Morgan fingerprint density at radius 2 is 1.40 bits per heavy atom. The number of carbonyl (C=O) groups excluding carboxylic acids is 2. The van der Waals surface area contributed by atoms with Gasteiger partial charge >= 0.3 is 0 Å². The van der Waals surface area contributed by atoms with Gasteiger partial charge in [-0.25, -0.2) is 0 Å². The number of carbonyl (C=O) groups is 2. The number of fused-ring (bicyclic) bond motifs is 2. The summed E-state index contributed by atoms with van der Waals surface area (Å²) in [7, 11) is 0. The van der Waals surface area contributed by atoms with Crippen LogP contribution in [0.25, 0.3) is 0 Å². The van der Waals surface area contributed by atoms with E-state index in [0.29, 0.717) is 10.8 Å². The summed E-state index contributed by atoms with van der Waals surface area (Å²) < 4.78 is 0. The van der Waals surface area contributed by atoms with E-state index < -0.39 is 0 Å². The van der Waals surface area contributed by atoms with Crippen LogP contribution in [0.4, 0.5) is 17.1 Å². The minimum Gasteiger partial charge on any atom is -0.326 e. The third-order valence-corrected chi connectivity index (χ3v) is 7.84. The lowest BCUT2D eigenvalue weighted by Crippen LogP contribution is -2.29. The molecule has 7 heteroatoms. The maximum atomic E-state index is 13.3. The van der Waals surface area contributed by atoms with Gasteiger partial charge in [0, 0.05) is 25.4 Å². The third-order valence-electron chi connectivity index (χ3n) is 5.46. The molecule has 1 aliphatic rings. The van der Waals surface area contributed by atoms with E-state index >= 15 is 0 Å². The first kappa shape index (κ1) is 23.5. The van der Waals surface area contributed by atoms with Crippen LogP contribution >= 0.6 is 35.1 Å². The lowest BCUT2D eigenvalue weighted by Gasteiger charge is -2.31. The van der Waals surface area contributed by atoms with E-state index in [1.165, 1.54) is 11.8 Å². The third kappa shape index (κ3) is 5.56. The number of hydrogen-bond donors (Lipinski definition) is 1. The molecule has 4 aromatic carbocycles. The molecule has 0 unspecified atom stereocenters. The van der Waals surface area contributed by atoms with E-state index in [2.05, 4.69) is 5.32 Å². The maximum Gasteiger partial charge on any atom is 0.241 e. The van der Waals surface area contributed by atoms with E-state index in [1.54, 1.807) is 23.9 Å². The molecule has 4 nitrogen and oxygen atoms in total. The highest BCUT2D eigenvalue weighted by Gasteiger charge is 2.27. The van der Waals surface area contributed by atoms with E-state index in [9.17, 15) is 9.59 Å². The van der Waals surface area contributed by atoms with Crippen LogP contribution in [-0.2, 0) is 16.0 Å². The number of thioether (sulfide) groups is 1. The average molecular weight is 517 g/mol. The molecule has 4 aromatic rings. The van der Waals surface area contributed by atoms with Gasteiger partial charge < -0.3 is 5.32 Å². The van der Waals surface area contributed by atoms with Crippen molar-refractivity contribution in [3.63, 3.8) is 0 Å². The molecular weight excluding hydrogens is 496 g/mol. The first-order valence-corrected chi connectivity index (χ1v) is 13.2. The average Bonchev–Trinajstić information content (AvgIpc) is 2.88. The van der Waals surface area contributed by atoms with Gasteiger partial charge in [-0.15, -0.1) is 11.8 Å². The summed E-state index contributed by atoms with van der Waals surface area (Å²) in [6.07, 6.45) is 0.277. The Kier molecular flexibility index (Phi) is 7.13. The molecule has 0 atom stereocenters. The second kappa shape index (κ2) is 10.6. The Morgan fingerprint density at radius 3 is 2.03 bits per heavy atom. The Balaban J connectivity index is 1.22. The topological polar surface area (TPSA) is 49.4 Å². The van der Waals surface area contributed by atoms with Crippen molar-refractivity contribution in [1.29, 1.82) is 0 Å². The molecule has 0 radical (unpaired) electrons. The molecule has 1 heterocycles. The van der Waals surface area contributed by atoms with Crippen LogP contribution in [0.2, 0.25) is 5.02 Å². The number of nitrogens with zero attached hydrogens (tertiary/aromatic N) is 1. The second-order valence-corrected chi connectivity index (χ2v) is 10.5. The fourth-order valence-corrected chi connectivity index (χ4v) is 5.74. The number of amides is 2. The minimum atomic E-state index is -0.0943. The summed E-state index contributed by atoms with van der Waals surface area (Å²) >= 11 is 9.06. The van der Waals surface area contributed by atoms with Gasteiger partial charge in [-0.1, -0.05) is 59.8 Å². The van der Waals surface area contributed by atoms with Crippen molar-refractivity contribution in [1.82, 2.24) is 0 Å². The number of nitrogens with one attached hydrogen (secondary N) is 1. The second-order valence-electron chi connectivity index (χ2n) is 7.93. The monoisotopic (exact) mass is 516 g/mol. The SMILES string of the molecule is O=C(Cc1ccc(Cl)cc1)Nc1ccc(SCC(=O)N2c3ccccc3Sc3ccccc32)cc1. The molecule has 174 valence electrons. The lowest BCUT2D eigenvalue weighted by molar-refractivity contribution is -0.116. The van der Waals surface area contributed by atoms with Crippen LogP contribution in [0.1, 0.15) is 5.56 Å². The Bertz CT molecular complexity index is 1330. The molecule has 0 aliphatic carbocycles. The number of rotatable bonds is 6. The van der Waals surface area contributed by atoms with Gasteiger partial charge in [-0.2, -0.15) is 0 Å². The highest BCUT2D eigenvalue weighted by Crippen LogP contribution is 2.48. The van der Waals surface area contributed by atoms with Crippen LogP contribution in [0.3, 0.4) is 0 Å². The Hall–Kier alpha value is -3.19. The van der Waals surface area contributed by atoms with Gasteiger partial charge in [0.1, 0.15) is 0 Å². The van der Waals surface area contributed by atoms with Crippen molar-refractivity contribution in [2.24, 2.45) is 0 Å². The van der Waals surface area contributed by atoms with Gasteiger partial charge in [0.25, 0.3) is 0 Å². The molecular formula is C28H21ClN2O2S2. The smallest absolute Gasteiger partial charge is 0.241 e. The molecule has 0 fully saturated rings. The van der Waals surface area contributed by atoms with Gasteiger partial charge in [0.15, 0.2) is 0 Å². The predicted molar refractivity (Wildman–Crippen MR) is 145 cm³/mol. The van der Waals surface area contributed by atoms with Crippen molar-refractivity contribution < 1.29 is 9.59 Å². The maximum absolute atomic E-state index is 13.3. The van der Waals surface area contributed by atoms with Crippen molar-refractivity contribution in [2.45, 2.75) is 21.1 Å². The van der Waals surface area contributed by atoms with E-state index in [0.717, 1.165) is 37.3 Å². The standard InChI is InChI=1S/C28H21ClN2O2S2/c29-20-11-9-19(10-12-20)17-27(32)30-21-13-15-22(16-14-21)34-18-28(33)31-23-5-1-3-7-25(23)35-26-8-4-2-6-24(26)31/h1-16H,17-18H2,(H,30,32). The number of benzene rings is 4. The van der Waals surface area contributed by atoms with Crippen LogP contribution < -0.4 is 10.2 Å². The highest BCUT2D eigenvalue weighted by molar-refractivity contribution is 8.00. The molecule has 1 N–H and O–H groups in total. The Morgan fingerprint density at radius 1 is 0.800 bits per heavy atom. The van der Waals surface area contributed by atoms with E-state index in [-0.39, 0.29) is 18.2 Å². The highest BCUT2D eigenvalue weighted by atomic mass is 35.5. The van der Waals surface area contributed by atoms with Gasteiger partial charge in [-0.3, -0.25) is 14.5 Å². The van der Waals surface area contributed by atoms with Gasteiger partial charge in [0.05, 0.1) is 23.5 Å². The summed E-state index contributed by atoms with van der Waals surface area (Å²) in [6, 6.07) is 30.8. The molecule has 0 aromatic heterocycles. The number of hydrogen-bond acceptors (Lipinski definition) is 4. The molecule has 0 saturated heterocycles. The van der Waals surface area contributed by atoms with Crippen molar-refractivity contribution >= 4 is 64.0 Å². The number of anilines is 3. The summed E-state index contributed by atoms with van der Waals surface area (Å²) in [5.74, 6) is 0.231. The van der Waals surface area contributed by atoms with E-state index in [1.807, 2.05) is 89.8 Å². The predicted octanol–water partition coefficient (Wildman–Crippen LogP) is 7.44. The van der Waals surface area contributed by atoms with Gasteiger partial charge in [-0.05, 0) is 66.2 Å². The fraction of sp³-hybridized carbons (Fsp3) is 0.0714. The first-order valence-electron chi connectivity index (χ1n) is 11.0. The number of para-hydroxylation sites is 2. The van der Waals surface area contributed by atoms with Crippen molar-refractivity contribution in [2.75, 3.05) is 16.0 Å². The van der Waals surface area contributed by atoms with Crippen molar-refractivity contribution in [3.8, 4) is 0 Å². The quantitative estimate of drug-likeness (QED) is 0.270. The van der Waals surface area contributed by atoms with Crippen LogP contribution in [0.5, 0.6) is 0 Å². The zero-order valence-corrected chi connectivity index (χ0v) is 21.0. The number of halogens is 1.